The van der Waals surface area contributed by atoms with Gasteiger partial charge in [-0.1, -0.05) is 36.4 Å². The van der Waals surface area contributed by atoms with Crippen LogP contribution < -0.4 is 0 Å². The second-order valence-electron chi connectivity index (χ2n) is 3.77. The van der Waals surface area contributed by atoms with Crippen molar-refractivity contribution < 1.29 is 4.79 Å². The Balaban J connectivity index is 0.000000321. The maximum Gasteiger partial charge on any atom is 0.162 e. The van der Waals surface area contributed by atoms with Crippen LogP contribution in [-0.4, -0.2) is 25.3 Å². The minimum Gasteiger partial charge on any atom is -0.294 e. The minimum absolute atomic E-state index is 0.0584. The van der Waals surface area contributed by atoms with Gasteiger partial charge in [0.2, 0.25) is 0 Å². The van der Waals surface area contributed by atoms with Gasteiger partial charge in [-0.05, 0) is 6.92 Å². The van der Waals surface area contributed by atoms with Crippen LogP contribution in [0.5, 0.6) is 0 Å². The van der Waals surface area contributed by atoms with Gasteiger partial charge in [0.15, 0.2) is 5.78 Å². The van der Waals surface area contributed by atoms with Crippen molar-refractivity contribution in [1.82, 2.24) is 19.6 Å². The van der Waals surface area contributed by atoms with Crippen molar-refractivity contribution in [3.8, 4) is 0 Å². The summed E-state index contributed by atoms with van der Waals surface area (Å²) in [6, 6.07) is 0. The maximum atomic E-state index is 10.6. The van der Waals surface area contributed by atoms with E-state index in [1.54, 1.807) is 35.0 Å². The summed E-state index contributed by atoms with van der Waals surface area (Å²) >= 11 is 3.25. The van der Waals surface area contributed by atoms with Crippen molar-refractivity contribution in [2.24, 2.45) is 14.1 Å². The van der Waals surface area contributed by atoms with Crippen LogP contribution >= 0.6 is 15.9 Å². The molecule has 0 fully saturated rings. The number of Topliss-reactive ketones (excluding diaryl/α,β-unsaturated/α-hetero) is 1. The number of aromatic nitrogens is 4. The lowest BCUT2D eigenvalue weighted by molar-refractivity contribution is 0.101. The van der Waals surface area contributed by atoms with Crippen LogP contribution in [0.1, 0.15) is 36.7 Å². The zero-order valence-corrected chi connectivity index (χ0v) is 14.2. The van der Waals surface area contributed by atoms with E-state index in [9.17, 15) is 4.79 Å². The Morgan fingerprint density at radius 2 is 1.50 bits per heavy atom. The van der Waals surface area contributed by atoms with Crippen LogP contribution in [0.3, 0.4) is 0 Å². The molecule has 0 radical (unpaired) electrons. The molecule has 2 aromatic heterocycles. The molecule has 2 rings (SSSR count). The predicted molar refractivity (Wildman–Crippen MR) is 85.7 cm³/mol. The van der Waals surface area contributed by atoms with E-state index in [0.29, 0.717) is 5.56 Å². The van der Waals surface area contributed by atoms with E-state index in [2.05, 4.69) is 32.7 Å². The number of carbonyl (C=O) groups excluding carboxylic acids is 1. The van der Waals surface area contributed by atoms with Crippen molar-refractivity contribution in [3.63, 3.8) is 0 Å². The van der Waals surface area contributed by atoms with E-state index in [-0.39, 0.29) is 5.78 Å². The summed E-state index contributed by atoms with van der Waals surface area (Å²) in [5.74, 6) is 0.0584. The molecule has 20 heavy (non-hydrogen) atoms. The smallest absolute Gasteiger partial charge is 0.162 e. The summed E-state index contributed by atoms with van der Waals surface area (Å²) in [6.45, 7) is 9.23. The van der Waals surface area contributed by atoms with E-state index in [1.165, 1.54) is 6.92 Å². The van der Waals surface area contributed by atoms with E-state index < -0.39 is 0 Å². The van der Waals surface area contributed by atoms with Crippen molar-refractivity contribution in [2.75, 3.05) is 0 Å². The molecule has 0 aliphatic carbocycles. The van der Waals surface area contributed by atoms with Crippen LogP contribution in [0.4, 0.5) is 0 Å². The van der Waals surface area contributed by atoms with Gasteiger partial charge in [-0.2, -0.15) is 10.2 Å². The van der Waals surface area contributed by atoms with Crippen LogP contribution in [0, 0.1) is 0 Å². The highest BCUT2D eigenvalue weighted by Gasteiger charge is 1.98. The monoisotopic (exact) mass is 340 g/mol. The number of rotatable bonds is 2. The number of nitrogens with zero attached hydrogens (tertiary/aromatic N) is 4. The first kappa shape index (κ1) is 18.3. The highest BCUT2D eigenvalue weighted by molar-refractivity contribution is 9.15. The van der Waals surface area contributed by atoms with Crippen molar-refractivity contribution in [3.05, 3.63) is 42.5 Å². The van der Waals surface area contributed by atoms with Crippen LogP contribution in [0.25, 0.3) is 4.48 Å². The second-order valence-corrected chi connectivity index (χ2v) is 4.72. The second kappa shape index (κ2) is 9.25. The fourth-order valence-corrected chi connectivity index (χ4v) is 1.37. The van der Waals surface area contributed by atoms with E-state index in [1.807, 2.05) is 27.1 Å². The number of hydrogen-bond acceptors (Lipinski definition) is 3. The summed E-state index contributed by atoms with van der Waals surface area (Å²) in [7, 11) is 3.66. The molecule has 0 N–H and O–H groups in total. The topological polar surface area (TPSA) is 52.7 Å². The number of hydrogen-bond donors (Lipinski definition) is 0. The van der Waals surface area contributed by atoms with Gasteiger partial charge in [-0.3, -0.25) is 14.2 Å². The third kappa shape index (κ3) is 6.47. The van der Waals surface area contributed by atoms with E-state index in [0.717, 1.165) is 10.0 Å². The molecule has 0 bridgehead atoms. The molecular weight excluding hydrogens is 320 g/mol. The molecule has 0 saturated carbocycles. The lowest BCUT2D eigenvalue weighted by atomic mass is 10.3. The standard InChI is InChI=1S/C6H7BrN2.C6H8N2O.C2H6/c1-5(7)6-3-8-9(2)4-6;1-5(9)6-3-7-8(2)4-6;1-2/h3-4H,1H2,2H3;3-4H,1-2H3;1-2H3. The van der Waals surface area contributed by atoms with Crippen molar-refractivity contribution >= 4 is 26.2 Å². The number of aryl methyl sites for hydroxylation is 2. The van der Waals surface area contributed by atoms with E-state index in [4.69, 9.17) is 0 Å². The number of halogens is 1. The van der Waals surface area contributed by atoms with Gasteiger partial charge in [0, 0.05) is 36.5 Å². The molecule has 0 unspecified atom stereocenters. The normalized spacial score (nSPS) is 8.90. The van der Waals surface area contributed by atoms with Gasteiger partial charge in [-0.15, -0.1) is 0 Å². The van der Waals surface area contributed by atoms with Gasteiger partial charge in [0.05, 0.1) is 18.0 Å². The van der Waals surface area contributed by atoms with Crippen molar-refractivity contribution in [2.45, 2.75) is 20.8 Å². The first-order valence-electron chi connectivity index (χ1n) is 6.23. The molecule has 0 amide bonds. The molecule has 6 heteroatoms. The molecule has 0 aromatic carbocycles. The fraction of sp³-hybridized carbons (Fsp3) is 0.357. The summed E-state index contributed by atoms with van der Waals surface area (Å²) in [6.07, 6.45) is 6.92. The minimum atomic E-state index is 0.0584. The molecular formula is C14H21BrN4O. The highest BCUT2D eigenvalue weighted by Crippen LogP contribution is 2.16. The number of carbonyl (C=O) groups is 1. The van der Waals surface area contributed by atoms with Gasteiger partial charge < -0.3 is 0 Å². The Kier molecular flexibility index (Phi) is 8.47. The Morgan fingerprint density at radius 3 is 1.65 bits per heavy atom. The quantitative estimate of drug-likeness (QED) is 0.787. The third-order valence-corrected chi connectivity index (χ3v) is 2.59. The highest BCUT2D eigenvalue weighted by atomic mass is 79.9. The summed E-state index contributed by atoms with van der Waals surface area (Å²) in [4.78, 5) is 10.6. The lowest BCUT2D eigenvalue weighted by Gasteiger charge is -1.85. The predicted octanol–water partition coefficient (Wildman–Crippen LogP) is 3.43. The molecule has 0 spiro atoms. The maximum absolute atomic E-state index is 10.6. The number of ketones is 1. The Labute approximate surface area is 128 Å². The van der Waals surface area contributed by atoms with Gasteiger partial charge in [-0.25, -0.2) is 0 Å². The van der Waals surface area contributed by atoms with Gasteiger partial charge >= 0.3 is 0 Å². The van der Waals surface area contributed by atoms with Crippen LogP contribution in [0.15, 0.2) is 31.4 Å². The van der Waals surface area contributed by atoms with Crippen molar-refractivity contribution in [1.29, 1.82) is 0 Å². The molecule has 110 valence electrons. The lowest BCUT2D eigenvalue weighted by Crippen LogP contribution is -1.88. The van der Waals surface area contributed by atoms with Crippen LogP contribution in [0.2, 0.25) is 0 Å². The zero-order valence-electron chi connectivity index (χ0n) is 12.6. The largest absolute Gasteiger partial charge is 0.294 e. The molecule has 2 heterocycles. The molecule has 2 aromatic rings. The first-order chi connectivity index (χ1) is 9.40. The fourth-order valence-electron chi connectivity index (χ4n) is 1.16. The molecule has 0 aliphatic rings. The van der Waals surface area contributed by atoms with Crippen LogP contribution in [-0.2, 0) is 14.1 Å². The Morgan fingerprint density at radius 1 is 1.10 bits per heavy atom. The molecule has 0 aliphatic heterocycles. The van der Waals surface area contributed by atoms with Gasteiger partial charge in [0.25, 0.3) is 0 Å². The Bertz CT molecular complexity index is 507. The molecule has 0 atom stereocenters. The molecule has 0 saturated heterocycles. The average Bonchev–Trinajstić information content (AvgIpc) is 3.01. The van der Waals surface area contributed by atoms with E-state index >= 15 is 0 Å². The summed E-state index contributed by atoms with van der Waals surface area (Å²) in [5.41, 5.74) is 1.69. The summed E-state index contributed by atoms with van der Waals surface area (Å²) < 4.78 is 4.22. The average molecular weight is 341 g/mol. The Hall–Kier alpha value is -1.69. The first-order valence-corrected chi connectivity index (χ1v) is 7.02. The molecule has 5 nitrogen and oxygen atoms in total. The van der Waals surface area contributed by atoms with Gasteiger partial charge in [0.1, 0.15) is 0 Å². The third-order valence-electron chi connectivity index (χ3n) is 2.13. The summed E-state index contributed by atoms with van der Waals surface area (Å²) in [5, 5.41) is 7.80. The SMILES string of the molecule is C=C(Br)c1cnn(C)c1.CC.CC(=O)c1cnn(C)c1. The zero-order chi connectivity index (χ0) is 15.7.